The molecule has 1 saturated heterocycles. The van der Waals surface area contributed by atoms with E-state index in [1.807, 2.05) is 23.6 Å². The highest BCUT2D eigenvalue weighted by Gasteiger charge is 2.28. The molecular weight excluding hydrogens is 289 g/mol. The summed E-state index contributed by atoms with van der Waals surface area (Å²) in [6, 6.07) is 3.66. The minimum atomic E-state index is -0.614. The first-order chi connectivity index (χ1) is 10.4. The van der Waals surface area contributed by atoms with E-state index < -0.39 is 10.7 Å². The summed E-state index contributed by atoms with van der Waals surface area (Å²) < 4.78 is 14.1. The van der Waals surface area contributed by atoms with Crippen LogP contribution in [0.25, 0.3) is 0 Å². The van der Waals surface area contributed by atoms with Gasteiger partial charge in [0.2, 0.25) is 5.91 Å². The second-order valence-corrected chi connectivity index (χ2v) is 5.52. The van der Waals surface area contributed by atoms with E-state index in [0.717, 1.165) is 12.5 Å². The van der Waals surface area contributed by atoms with Gasteiger partial charge in [-0.25, -0.2) is 4.39 Å². The van der Waals surface area contributed by atoms with Gasteiger partial charge >= 0.3 is 0 Å². The van der Waals surface area contributed by atoms with Crippen molar-refractivity contribution in [1.82, 2.24) is 4.90 Å². The summed E-state index contributed by atoms with van der Waals surface area (Å²) >= 11 is 0. The van der Waals surface area contributed by atoms with Crippen LogP contribution >= 0.6 is 0 Å². The number of nitro groups is 1. The van der Waals surface area contributed by atoms with Crippen LogP contribution in [0.15, 0.2) is 18.2 Å². The Bertz CT molecular complexity index is 579. The zero-order valence-corrected chi connectivity index (χ0v) is 12.8. The first-order valence-corrected chi connectivity index (χ1v) is 7.42. The molecule has 1 amide bonds. The topological polar surface area (TPSA) is 66.7 Å². The molecule has 1 heterocycles. The molecule has 2 rings (SSSR count). The minimum Gasteiger partial charge on any atom is -0.365 e. The van der Waals surface area contributed by atoms with Crippen LogP contribution in [0, 0.1) is 15.9 Å². The SMILES string of the molecule is CCCC(=O)N1CCN(c2ccc([N+](=O)[O-])cc2F)C[C@@H]1C. The van der Waals surface area contributed by atoms with Crippen LogP contribution in [0.5, 0.6) is 0 Å². The summed E-state index contributed by atoms with van der Waals surface area (Å²) in [7, 11) is 0. The summed E-state index contributed by atoms with van der Waals surface area (Å²) in [6.45, 7) is 5.48. The highest BCUT2D eigenvalue weighted by Crippen LogP contribution is 2.26. The fourth-order valence-corrected chi connectivity index (χ4v) is 2.77. The van der Waals surface area contributed by atoms with Crippen molar-refractivity contribution in [3.8, 4) is 0 Å². The Hall–Kier alpha value is -2.18. The maximum atomic E-state index is 14.1. The molecule has 120 valence electrons. The van der Waals surface area contributed by atoms with Gasteiger partial charge < -0.3 is 9.80 Å². The molecule has 7 heteroatoms. The molecule has 22 heavy (non-hydrogen) atoms. The molecule has 1 aliphatic heterocycles. The van der Waals surface area contributed by atoms with Crippen molar-refractivity contribution < 1.29 is 14.1 Å². The molecule has 1 aliphatic rings. The lowest BCUT2D eigenvalue weighted by Crippen LogP contribution is -2.54. The zero-order valence-electron chi connectivity index (χ0n) is 12.8. The van der Waals surface area contributed by atoms with E-state index in [2.05, 4.69) is 0 Å². The Labute approximate surface area is 128 Å². The fraction of sp³-hybridized carbons (Fsp3) is 0.533. The van der Waals surface area contributed by atoms with Gasteiger partial charge in [-0.3, -0.25) is 14.9 Å². The smallest absolute Gasteiger partial charge is 0.272 e. The number of nitrogens with zero attached hydrogens (tertiary/aromatic N) is 3. The van der Waals surface area contributed by atoms with Gasteiger partial charge in [0, 0.05) is 38.2 Å². The van der Waals surface area contributed by atoms with E-state index in [4.69, 9.17) is 0 Å². The van der Waals surface area contributed by atoms with E-state index in [1.54, 1.807) is 0 Å². The van der Waals surface area contributed by atoms with Crippen molar-refractivity contribution in [2.45, 2.75) is 32.7 Å². The molecule has 0 radical (unpaired) electrons. The zero-order chi connectivity index (χ0) is 16.3. The summed E-state index contributed by atoms with van der Waals surface area (Å²) in [6.07, 6.45) is 1.33. The quantitative estimate of drug-likeness (QED) is 0.633. The number of anilines is 1. The normalized spacial score (nSPS) is 18.4. The summed E-state index contributed by atoms with van der Waals surface area (Å²) in [5.74, 6) is -0.478. The molecule has 0 bridgehead atoms. The molecule has 1 aromatic rings. The molecular formula is C15H20FN3O3. The number of hydrogen-bond donors (Lipinski definition) is 0. The van der Waals surface area contributed by atoms with Gasteiger partial charge in [0.1, 0.15) is 0 Å². The van der Waals surface area contributed by atoms with Crippen LogP contribution in [0.2, 0.25) is 0 Å². The second kappa shape index (κ2) is 6.72. The van der Waals surface area contributed by atoms with Gasteiger partial charge in [0.25, 0.3) is 5.69 Å². The molecule has 6 nitrogen and oxygen atoms in total. The summed E-state index contributed by atoms with van der Waals surface area (Å²) in [4.78, 5) is 25.7. The maximum absolute atomic E-state index is 14.1. The fourth-order valence-electron chi connectivity index (χ4n) is 2.77. The average molecular weight is 309 g/mol. The van der Waals surface area contributed by atoms with Gasteiger partial charge in [0.15, 0.2) is 5.82 Å². The molecule has 0 unspecified atom stereocenters. The van der Waals surface area contributed by atoms with E-state index in [0.29, 0.717) is 31.7 Å². The van der Waals surface area contributed by atoms with E-state index in [-0.39, 0.29) is 17.6 Å². The predicted octanol–water partition coefficient (Wildman–Crippen LogP) is 2.57. The van der Waals surface area contributed by atoms with Crippen LogP contribution in [0.3, 0.4) is 0 Å². The van der Waals surface area contributed by atoms with Gasteiger partial charge in [-0.2, -0.15) is 0 Å². The monoisotopic (exact) mass is 309 g/mol. The lowest BCUT2D eigenvalue weighted by molar-refractivity contribution is -0.385. The van der Waals surface area contributed by atoms with Crippen molar-refractivity contribution in [2.24, 2.45) is 0 Å². The first-order valence-electron chi connectivity index (χ1n) is 7.42. The Morgan fingerprint density at radius 2 is 2.18 bits per heavy atom. The summed E-state index contributed by atoms with van der Waals surface area (Å²) in [5.41, 5.74) is 0.0890. The summed E-state index contributed by atoms with van der Waals surface area (Å²) in [5, 5.41) is 10.7. The van der Waals surface area contributed by atoms with Gasteiger partial charge in [-0.1, -0.05) is 6.92 Å². The molecule has 1 atom stereocenters. The molecule has 0 aliphatic carbocycles. The second-order valence-electron chi connectivity index (χ2n) is 5.52. The Morgan fingerprint density at radius 3 is 2.73 bits per heavy atom. The van der Waals surface area contributed by atoms with Crippen molar-refractivity contribution >= 4 is 17.3 Å². The average Bonchev–Trinajstić information content (AvgIpc) is 2.47. The van der Waals surface area contributed by atoms with Crippen LogP contribution < -0.4 is 4.90 Å². The minimum absolute atomic E-state index is 0.0117. The number of halogens is 1. The Kier molecular flexibility index (Phi) is 4.95. The number of carbonyl (C=O) groups is 1. The number of hydrogen-bond acceptors (Lipinski definition) is 4. The van der Waals surface area contributed by atoms with Crippen LogP contribution in [-0.4, -0.2) is 41.4 Å². The molecule has 1 fully saturated rings. The predicted molar refractivity (Wildman–Crippen MR) is 81.4 cm³/mol. The number of non-ortho nitro benzene ring substituents is 1. The van der Waals surface area contributed by atoms with Crippen molar-refractivity contribution in [3.05, 3.63) is 34.1 Å². The van der Waals surface area contributed by atoms with E-state index in [1.165, 1.54) is 12.1 Å². The first kappa shape index (κ1) is 16.2. The standard InChI is InChI=1S/C15H20FN3O3/c1-3-4-15(20)18-8-7-17(10-11(18)2)14-6-5-12(19(21)22)9-13(14)16/h5-6,9,11H,3-4,7-8,10H2,1-2H3/t11-/m0/s1. The molecule has 0 aromatic heterocycles. The molecule has 1 aromatic carbocycles. The largest absolute Gasteiger partial charge is 0.365 e. The van der Waals surface area contributed by atoms with Crippen molar-refractivity contribution in [3.63, 3.8) is 0 Å². The van der Waals surface area contributed by atoms with Crippen LogP contribution in [0.4, 0.5) is 15.8 Å². The Morgan fingerprint density at radius 1 is 1.45 bits per heavy atom. The van der Waals surface area contributed by atoms with Crippen molar-refractivity contribution in [2.75, 3.05) is 24.5 Å². The maximum Gasteiger partial charge on any atom is 0.272 e. The van der Waals surface area contributed by atoms with Gasteiger partial charge in [-0.15, -0.1) is 0 Å². The van der Waals surface area contributed by atoms with Gasteiger partial charge in [0.05, 0.1) is 16.7 Å². The van der Waals surface area contributed by atoms with Crippen molar-refractivity contribution in [1.29, 1.82) is 0 Å². The van der Waals surface area contributed by atoms with Crippen LogP contribution in [-0.2, 0) is 4.79 Å². The molecule has 0 spiro atoms. The number of carbonyl (C=O) groups excluding carboxylic acids is 1. The van der Waals surface area contributed by atoms with Crippen LogP contribution in [0.1, 0.15) is 26.7 Å². The number of piperazine rings is 1. The highest BCUT2D eigenvalue weighted by molar-refractivity contribution is 5.76. The van der Waals surface area contributed by atoms with E-state index >= 15 is 0 Å². The number of benzene rings is 1. The van der Waals surface area contributed by atoms with Gasteiger partial charge in [-0.05, 0) is 19.4 Å². The lowest BCUT2D eigenvalue weighted by Gasteiger charge is -2.41. The number of nitro benzene ring substituents is 1. The number of amides is 1. The molecule has 0 N–H and O–H groups in total. The number of rotatable bonds is 4. The van der Waals surface area contributed by atoms with E-state index in [9.17, 15) is 19.3 Å². The third-order valence-electron chi connectivity index (χ3n) is 3.89. The Balaban J connectivity index is 2.10. The third-order valence-corrected chi connectivity index (χ3v) is 3.89. The highest BCUT2D eigenvalue weighted by atomic mass is 19.1. The third kappa shape index (κ3) is 3.35. The lowest BCUT2D eigenvalue weighted by atomic mass is 10.1. The molecule has 0 saturated carbocycles.